The minimum absolute atomic E-state index is 0.589. The van der Waals surface area contributed by atoms with Gasteiger partial charge in [-0.3, -0.25) is 0 Å². The number of nitrogens with zero attached hydrogens (tertiary/aromatic N) is 1. The first-order valence-electron chi connectivity index (χ1n) is 9.40. The van der Waals surface area contributed by atoms with Crippen LogP contribution in [0.25, 0.3) is 11.5 Å². The van der Waals surface area contributed by atoms with Crippen LogP contribution in [-0.2, 0) is 9.47 Å². The molecule has 3 rings (SSSR count). The molecule has 2 aliphatic rings. The lowest BCUT2D eigenvalue weighted by molar-refractivity contribution is -0.462. The summed E-state index contributed by atoms with van der Waals surface area (Å²) < 4.78 is 20.0. The van der Waals surface area contributed by atoms with Gasteiger partial charge in [-0.2, -0.15) is 0 Å². The maximum atomic E-state index is 6.01. The van der Waals surface area contributed by atoms with E-state index in [1.54, 1.807) is 0 Å². The monoisotopic (exact) mass is 366 g/mol. The van der Waals surface area contributed by atoms with Crippen LogP contribution in [0.1, 0.15) is 36.5 Å². The molecule has 4 nitrogen and oxygen atoms in total. The fourth-order valence-electron chi connectivity index (χ4n) is 3.40. The van der Waals surface area contributed by atoms with Crippen LogP contribution < -0.4 is 0 Å². The summed E-state index contributed by atoms with van der Waals surface area (Å²) in [6.07, 6.45) is 12.7. The smallest absolute Gasteiger partial charge is 0.199 e. The number of ether oxygens (including phenoxy) is 2. The van der Waals surface area contributed by atoms with E-state index < -0.39 is 0 Å². The number of rotatable bonds is 4. The van der Waals surface area contributed by atoms with Crippen molar-refractivity contribution in [2.45, 2.75) is 27.7 Å². The largest absolute Gasteiger partial charge is 0.493 e. The fourth-order valence-corrected chi connectivity index (χ4v) is 3.40. The molecule has 0 bridgehead atoms. The molecular weight excluding hydrogens is 338 g/mol. The topological polar surface area (TPSA) is 34.6 Å². The zero-order chi connectivity index (χ0) is 19.6. The van der Waals surface area contributed by atoms with Gasteiger partial charge in [0.2, 0.25) is 0 Å². The molecule has 0 atom stereocenters. The first-order chi connectivity index (χ1) is 13.0. The molecule has 27 heavy (non-hydrogen) atoms. The lowest BCUT2D eigenvalue weighted by Gasteiger charge is -2.10. The highest BCUT2D eigenvalue weighted by molar-refractivity contribution is 6.02. The zero-order valence-corrected chi connectivity index (χ0v) is 17.1. The zero-order valence-electron chi connectivity index (χ0n) is 17.1. The molecule has 0 N–H and O–H groups in total. The van der Waals surface area contributed by atoms with Crippen molar-refractivity contribution in [1.82, 2.24) is 0 Å². The van der Waals surface area contributed by atoms with E-state index in [-0.39, 0.29) is 0 Å². The Morgan fingerprint density at radius 3 is 1.67 bits per heavy atom. The summed E-state index contributed by atoms with van der Waals surface area (Å²) >= 11 is 0. The van der Waals surface area contributed by atoms with E-state index in [9.17, 15) is 0 Å². The van der Waals surface area contributed by atoms with E-state index in [1.807, 2.05) is 41.8 Å². The third-order valence-corrected chi connectivity index (χ3v) is 4.64. The Balaban J connectivity index is 2.22. The molecule has 0 fully saturated rings. The van der Waals surface area contributed by atoms with Crippen molar-refractivity contribution in [3.05, 3.63) is 70.2 Å². The molecule has 0 unspecified atom stereocenters. The Kier molecular flexibility index (Phi) is 5.54. The molecule has 4 heteroatoms. The number of furan rings is 1. The summed E-state index contributed by atoms with van der Waals surface area (Å²) in [6.45, 7) is 9.11. The fraction of sp³-hybridized carbons (Fsp3) is 0.348. The summed E-state index contributed by atoms with van der Waals surface area (Å²) in [4.78, 5) is 0. The minimum atomic E-state index is 0.589. The lowest BCUT2D eigenvalue weighted by atomic mass is 10.0. The van der Waals surface area contributed by atoms with Gasteiger partial charge >= 0.3 is 0 Å². The van der Waals surface area contributed by atoms with Crippen molar-refractivity contribution in [3.63, 3.8) is 0 Å². The Hall–Kier alpha value is -2.75. The Bertz CT molecular complexity index is 865. The number of hydrogen-bond acceptors (Lipinski definition) is 3. The molecule has 142 valence electrons. The van der Waals surface area contributed by atoms with Crippen molar-refractivity contribution in [2.24, 2.45) is 0 Å². The second-order valence-electron chi connectivity index (χ2n) is 6.74. The molecule has 2 aliphatic carbocycles. The summed E-state index contributed by atoms with van der Waals surface area (Å²) in [6, 6.07) is 0. The summed E-state index contributed by atoms with van der Waals surface area (Å²) in [5.74, 6) is 3.33. The van der Waals surface area contributed by atoms with Crippen LogP contribution >= 0.6 is 0 Å². The molecule has 0 saturated carbocycles. The van der Waals surface area contributed by atoms with Gasteiger partial charge in [0.25, 0.3) is 0 Å². The molecule has 0 radical (unpaired) electrons. The van der Waals surface area contributed by atoms with Crippen LogP contribution in [-0.4, -0.2) is 37.6 Å². The highest BCUT2D eigenvalue weighted by Crippen LogP contribution is 2.39. The van der Waals surface area contributed by atoms with Gasteiger partial charge < -0.3 is 13.9 Å². The highest BCUT2D eigenvalue weighted by Gasteiger charge is 2.26. The lowest BCUT2D eigenvalue weighted by Crippen LogP contribution is -2.09. The van der Waals surface area contributed by atoms with E-state index in [2.05, 4.69) is 41.0 Å². The molecule has 1 aromatic heterocycles. The Morgan fingerprint density at radius 1 is 0.778 bits per heavy atom. The first kappa shape index (κ1) is 19.0. The Labute approximate surface area is 161 Å². The van der Waals surface area contributed by atoms with Gasteiger partial charge in [-0.05, 0) is 63.1 Å². The second kappa shape index (κ2) is 7.87. The van der Waals surface area contributed by atoms with Crippen molar-refractivity contribution in [1.29, 1.82) is 0 Å². The minimum Gasteiger partial charge on any atom is -0.493 e. The molecular formula is C23H28NO3+. The number of aryl methyl sites for hydroxylation is 2. The van der Waals surface area contributed by atoms with Crippen molar-refractivity contribution >= 4 is 17.2 Å². The van der Waals surface area contributed by atoms with Crippen LogP contribution in [0.2, 0.25) is 0 Å². The molecule has 0 aliphatic heterocycles. The number of allylic oxidation sites excluding steroid dienone is 8. The highest BCUT2D eigenvalue weighted by atomic mass is 16.5. The van der Waals surface area contributed by atoms with Crippen LogP contribution in [0.5, 0.6) is 0 Å². The average molecular weight is 366 g/mol. The molecule has 0 aromatic carbocycles. The number of fused-ring (bicyclic) bond motifs is 1. The van der Waals surface area contributed by atoms with Gasteiger partial charge in [-0.1, -0.05) is 0 Å². The quantitative estimate of drug-likeness (QED) is 0.718. The Morgan fingerprint density at radius 2 is 1.26 bits per heavy atom. The van der Waals surface area contributed by atoms with Crippen LogP contribution in [0, 0.1) is 13.8 Å². The maximum Gasteiger partial charge on any atom is 0.199 e. The second-order valence-corrected chi connectivity index (χ2v) is 6.74. The van der Waals surface area contributed by atoms with Gasteiger partial charge in [-0.15, -0.1) is 0 Å². The van der Waals surface area contributed by atoms with Gasteiger partial charge in [0.15, 0.2) is 5.71 Å². The standard InChI is InChI=1S/C23H28NO3/c1-7-25-20-13-18(17-9-11-19(12-10-17)24(5)6)14-21(26-8-2)23-16(4)27-15(3)22(20)23/h9-14H,7-8H2,1-6H3/q+1. The van der Waals surface area contributed by atoms with E-state index in [0.29, 0.717) is 13.2 Å². The first-order valence-corrected chi connectivity index (χ1v) is 9.40. The summed E-state index contributed by atoms with van der Waals surface area (Å²) in [5, 5.41) is 0. The van der Waals surface area contributed by atoms with Gasteiger partial charge in [0.05, 0.1) is 24.3 Å². The van der Waals surface area contributed by atoms with Crippen LogP contribution in [0.3, 0.4) is 0 Å². The summed E-state index contributed by atoms with van der Waals surface area (Å²) in [7, 11) is 4.08. The van der Waals surface area contributed by atoms with E-state index >= 15 is 0 Å². The molecule has 0 amide bonds. The van der Waals surface area contributed by atoms with E-state index in [4.69, 9.17) is 13.9 Å². The van der Waals surface area contributed by atoms with Crippen LogP contribution in [0.15, 0.2) is 52.0 Å². The van der Waals surface area contributed by atoms with Crippen molar-refractivity contribution in [2.75, 3.05) is 27.3 Å². The van der Waals surface area contributed by atoms with Gasteiger partial charge in [-0.25, -0.2) is 4.58 Å². The maximum absolute atomic E-state index is 6.01. The SMILES string of the molecule is CCOC1=CC(=C2C=CC(=[N+](C)C)C=C2)C=C(OCC)c2c(C)oc(C)c21. The van der Waals surface area contributed by atoms with Crippen molar-refractivity contribution in [3.8, 4) is 0 Å². The van der Waals surface area contributed by atoms with E-state index in [1.165, 1.54) is 5.71 Å². The van der Waals surface area contributed by atoms with Crippen molar-refractivity contribution < 1.29 is 18.5 Å². The third kappa shape index (κ3) is 3.70. The molecule has 0 saturated heterocycles. The van der Waals surface area contributed by atoms with Gasteiger partial charge in [0, 0.05) is 12.2 Å². The van der Waals surface area contributed by atoms with Gasteiger partial charge in [0.1, 0.15) is 37.1 Å². The number of hydrogen-bond donors (Lipinski definition) is 0. The molecule has 1 heterocycles. The average Bonchev–Trinajstić information content (AvgIpc) is 2.83. The molecule has 1 aromatic rings. The molecule has 0 spiro atoms. The predicted octanol–water partition coefficient (Wildman–Crippen LogP) is 4.80. The van der Waals surface area contributed by atoms with E-state index in [0.717, 1.165) is 45.3 Å². The normalized spacial score (nSPS) is 16.0. The summed E-state index contributed by atoms with van der Waals surface area (Å²) in [5.41, 5.74) is 5.30. The third-order valence-electron chi connectivity index (χ3n) is 4.64. The predicted molar refractivity (Wildman–Crippen MR) is 110 cm³/mol. The van der Waals surface area contributed by atoms with Crippen LogP contribution in [0.4, 0.5) is 0 Å².